The maximum absolute atomic E-state index is 11.1. The Balaban J connectivity index is 0.00000162. The van der Waals surface area contributed by atoms with Crippen molar-refractivity contribution in [2.45, 2.75) is 24.4 Å². The molecule has 2 rings (SSSR count). The van der Waals surface area contributed by atoms with Crippen LogP contribution in [0, 0.1) is 5.92 Å². The summed E-state index contributed by atoms with van der Waals surface area (Å²) in [6.07, 6.45) is -1.54. The van der Waals surface area contributed by atoms with Crippen LogP contribution in [-0.2, 0) is 14.3 Å². The number of aliphatic hydroxyl groups is 3. The quantitative estimate of drug-likeness (QED) is 0.372. The zero-order valence-electron chi connectivity index (χ0n) is 10.0. The van der Waals surface area contributed by atoms with Gasteiger partial charge >= 0.3 is 0 Å². The number of nitrogens with zero attached hydrogens (tertiary/aromatic N) is 1. The van der Waals surface area contributed by atoms with E-state index >= 15 is 0 Å². The second-order valence-corrected chi connectivity index (χ2v) is 6.29. The highest BCUT2D eigenvalue weighted by Gasteiger charge is 2.53. The van der Waals surface area contributed by atoms with Crippen LogP contribution < -0.4 is 0 Å². The van der Waals surface area contributed by atoms with Crippen molar-refractivity contribution in [2.24, 2.45) is 5.92 Å². The Morgan fingerprint density at radius 1 is 1.33 bits per heavy atom. The summed E-state index contributed by atoms with van der Waals surface area (Å²) >= 11 is 0. The molecule has 0 aromatic heterocycles. The normalized spacial score (nSPS) is 40.6. The lowest BCUT2D eigenvalue weighted by Gasteiger charge is -2.23. The molecule has 0 saturated carbocycles. The van der Waals surface area contributed by atoms with Crippen molar-refractivity contribution in [1.82, 2.24) is 4.90 Å². The molecule has 0 aromatic carbocycles. The lowest BCUT2D eigenvalue weighted by Crippen LogP contribution is -2.40. The van der Waals surface area contributed by atoms with Gasteiger partial charge in [-0.2, -0.15) is 8.42 Å². The van der Waals surface area contributed by atoms with Crippen LogP contribution in [0.25, 0.3) is 0 Å². The van der Waals surface area contributed by atoms with Crippen LogP contribution in [0.1, 0.15) is 0 Å². The van der Waals surface area contributed by atoms with E-state index in [1.54, 1.807) is 4.90 Å². The molecule has 3 radical (unpaired) electrons. The maximum Gasteiger partial charge on any atom is 0.264 e. The molecule has 7 nitrogen and oxygen atoms in total. The van der Waals surface area contributed by atoms with Gasteiger partial charge in [0.1, 0.15) is 0 Å². The fraction of sp³-hybridized carbons (Fsp3) is 1.00. The Morgan fingerprint density at radius 2 is 1.94 bits per heavy atom. The van der Waals surface area contributed by atoms with Crippen molar-refractivity contribution in [3.63, 3.8) is 0 Å². The monoisotopic (exact) mass is 278 g/mol. The number of fused-ring (bicyclic) bond motifs is 1. The van der Waals surface area contributed by atoms with Crippen LogP contribution in [0.15, 0.2) is 0 Å². The fourth-order valence-corrected chi connectivity index (χ4v) is 3.42. The second-order valence-electron chi connectivity index (χ2n) is 4.69. The first-order valence-electron chi connectivity index (χ1n) is 5.43. The highest BCUT2D eigenvalue weighted by atomic mass is 32.2. The first-order chi connectivity index (χ1) is 7.83. The van der Waals surface area contributed by atoms with E-state index in [0.717, 1.165) is 6.26 Å². The molecule has 0 bridgehead atoms. The number of rotatable bonds is 3. The maximum atomic E-state index is 11.1. The third-order valence-electron chi connectivity index (χ3n) is 3.43. The van der Waals surface area contributed by atoms with E-state index in [-0.39, 0.29) is 28.1 Å². The van der Waals surface area contributed by atoms with Crippen molar-refractivity contribution in [1.29, 1.82) is 0 Å². The molecule has 2 heterocycles. The molecular formula is C9H17BNO6S. The molecule has 0 aliphatic carbocycles. The summed E-state index contributed by atoms with van der Waals surface area (Å²) in [5.74, 6) is -0.503. The Kier molecular flexibility index (Phi) is 4.79. The van der Waals surface area contributed by atoms with Crippen LogP contribution in [0.2, 0.25) is 0 Å². The Hall–Kier alpha value is -0.185. The summed E-state index contributed by atoms with van der Waals surface area (Å²) in [7, 11) is -3.59. The summed E-state index contributed by atoms with van der Waals surface area (Å²) in [6.45, 7) is 0.272. The van der Waals surface area contributed by atoms with Gasteiger partial charge in [-0.3, -0.25) is 9.08 Å². The number of aliphatic hydroxyl groups excluding tert-OH is 3. The summed E-state index contributed by atoms with van der Waals surface area (Å²) in [4.78, 5) is 1.76. The van der Waals surface area contributed by atoms with Gasteiger partial charge in [-0.25, -0.2) is 0 Å². The van der Waals surface area contributed by atoms with Crippen molar-refractivity contribution in [3.8, 4) is 0 Å². The van der Waals surface area contributed by atoms with E-state index in [9.17, 15) is 23.7 Å². The average molecular weight is 278 g/mol. The van der Waals surface area contributed by atoms with Crippen LogP contribution in [-0.4, -0.2) is 87.4 Å². The number of hydrogen-bond donors (Lipinski definition) is 3. The first kappa shape index (κ1) is 15.9. The van der Waals surface area contributed by atoms with Crippen molar-refractivity contribution < 1.29 is 27.9 Å². The topological polar surface area (TPSA) is 107 Å². The minimum Gasteiger partial charge on any atom is -0.396 e. The highest BCUT2D eigenvalue weighted by molar-refractivity contribution is 7.86. The van der Waals surface area contributed by atoms with Crippen molar-refractivity contribution in [3.05, 3.63) is 0 Å². The summed E-state index contributed by atoms with van der Waals surface area (Å²) < 4.78 is 27.1. The molecule has 9 heteroatoms. The molecule has 0 amide bonds. The molecule has 2 saturated heterocycles. The molecule has 0 spiro atoms. The molecule has 103 valence electrons. The van der Waals surface area contributed by atoms with E-state index in [1.807, 2.05) is 0 Å². The van der Waals surface area contributed by atoms with Gasteiger partial charge in [-0.05, 0) is 0 Å². The molecule has 5 atom stereocenters. The van der Waals surface area contributed by atoms with Gasteiger partial charge in [0.2, 0.25) is 0 Å². The van der Waals surface area contributed by atoms with Gasteiger partial charge < -0.3 is 15.3 Å². The lowest BCUT2D eigenvalue weighted by molar-refractivity contribution is 0.00970. The van der Waals surface area contributed by atoms with E-state index in [0.29, 0.717) is 0 Å². The molecule has 5 unspecified atom stereocenters. The molecule has 2 aliphatic heterocycles. The Labute approximate surface area is 108 Å². The standard InChI is InChI=1S/C9H17NO6S.B/c1-17(14,15)16-7-3-10-2-6(12)9(13)8(10)5(7)4-11;/h5-9,11-13H,2-4H2,1H3;. The van der Waals surface area contributed by atoms with Crippen LogP contribution in [0.4, 0.5) is 0 Å². The molecule has 3 N–H and O–H groups in total. The van der Waals surface area contributed by atoms with Crippen LogP contribution in [0.5, 0.6) is 0 Å². The fourth-order valence-electron chi connectivity index (χ4n) is 2.77. The predicted octanol–water partition coefficient (Wildman–Crippen LogP) is -3.02. The van der Waals surface area contributed by atoms with Crippen molar-refractivity contribution in [2.75, 3.05) is 26.0 Å². The number of hydrogen-bond acceptors (Lipinski definition) is 7. The Morgan fingerprint density at radius 3 is 2.44 bits per heavy atom. The van der Waals surface area contributed by atoms with Crippen LogP contribution >= 0.6 is 0 Å². The van der Waals surface area contributed by atoms with Crippen molar-refractivity contribution >= 4 is 18.5 Å². The zero-order valence-corrected chi connectivity index (χ0v) is 10.8. The van der Waals surface area contributed by atoms with Gasteiger partial charge in [0.15, 0.2) is 0 Å². The zero-order chi connectivity index (χ0) is 12.8. The smallest absolute Gasteiger partial charge is 0.264 e. The summed E-state index contributed by atoms with van der Waals surface area (Å²) in [5.41, 5.74) is 0. The average Bonchev–Trinajstić information content (AvgIpc) is 2.63. The van der Waals surface area contributed by atoms with Gasteiger partial charge in [0.25, 0.3) is 10.1 Å². The van der Waals surface area contributed by atoms with Gasteiger partial charge in [-0.1, -0.05) is 0 Å². The molecule has 18 heavy (non-hydrogen) atoms. The minimum atomic E-state index is -3.59. The first-order valence-corrected chi connectivity index (χ1v) is 7.24. The van der Waals surface area contributed by atoms with Gasteiger partial charge in [0.05, 0.1) is 31.2 Å². The van der Waals surface area contributed by atoms with Gasteiger partial charge in [-0.15, -0.1) is 0 Å². The summed E-state index contributed by atoms with van der Waals surface area (Å²) in [5, 5.41) is 28.6. The van der Waals surface area contributed by atoms with Gasteiger partial charge in [0, 0.05) is 33.5 Å². The van der Waals surface area contributed by atoms with E-state index in [2.05, 4.69) is 0 Å². The third-order valence-corrected chi connectivity index (χ3v) is 4.02. The highest BCUT2D eigenvalue weighted by Crippen LogP contribution is 2.35. The van der Waals surface area contributed by atoms with Crippen LogP contribution in [0.3, 0.4) is 0 Å². The molecule has 2 fully saturated rings. The molecular weight excluding hydrogens is 261 g/mol. The second kappa shape index (κ2) is 5.44. The van der Waals surface area contributed by atoms with E-state index in [1.165, 1.54) is 0 Å². The lowest BCUT2D eigenvalue weighted by atomic mass is 9.94. The molecule has 0 aromatic rings. The third kappa shape index (κ3) is 2.86. The van der Waals surface area contributed by atoms with E-state index < -0.39 is 40.4 Å². The minimum absolute atomic E-state index is 0. The largest absolute Gasteiger partial charge is 0.396 e. The Bertz CT molecular complexity index is 391. The molecule has 2 aliphatic rings. The van der Waals surface area contributed by atoms with E-state index in [4.69, 9.17) is 4.18 Å². The summed E-state index contributed by atoms with van der Waals surface area (Å²) in [6, 6.07) is -0.443. The SMILES string of the molecule is CS(=O)(=O)OC1CN2CC(O)C(O)C2C1CO.[B]. The predicted molar refractivity (Wildman–Crippen MR) is 63.4 cm³/mol.